The molecule has 0 bridgehead atoms. The van der Waals surface area contributed by atoms with Gasteiger partial charge in [-0.25, -0.2) is 0 Å². The molecule has 4 N–H and O–H groups in total. The number of carbonyl (C=O) groups excluding carboxylic acids is 2. The molecule has 17 heteroatoms. The average Bonchev–Trinajstić information content (AvgIpc) is 3.01. The van der Waals surface area contributed by atoms with E-state index < -0.39 is 72.3 Å². The number of nitrogens with one attached hydrogen (secondary N) is 2. The molecule has 0 saturated carbocycles. The van der Waals surface area contributed by atoms with Crippen molar-refractivity contribution in [2.45, 2.75) is 13.1 Å². The third-order valence-corrected chi connectivity index (χ3v) is 6.62. The minimum Gasteiger partial charge on any atom is -0.484 e. The molecule has 2 aromatic carbocycles. The Hall–Kier alpha value is -6.11. The lowest BCUT2D eigenvalue weighted by Gasteiger charge is -2.15. The Balaban J connectivity index is 1.67. The van der Waals surface area contributed by atoms with E-state index in [1.165, 1.54) is 36.4 Å². The Morgan fingerprint density at radius 3 is 1.67 bits per heavy atom. The summed E-state index contributed by atoms with van der Waals surface area (Å²) < 4.78 is 12.2. The molecule has 0 aliphatic rings. The minimum atomic E-state index is -1.42. The predicted octanol–water partition coefficient (Wildman–Crippen LogP) is 3.06. The average molecular weight is 696 g/mol. The molecule has 0 unspecified atom stereocenters. The largest absolute Gasteiger partial charge is 0.484 e. The molecule has 0 aliphatic heterocycles. The number of pyridine rings is 2. The highest BCUT2D eigenvalue weighted by molar-refractivity contribution is 6.34. The number of halogens is 2. The first-order valence-electron chi connectivity index (χ1n) is 13.6. The lowest BCUT2D eigenvalue weighted by atomic mass is 10.1. The van der Waals surface area contributed by atoms with Crippen molar-refractivity contribution >= 4 is 58.3 Å². The number of hydrogen-bond acceptors (Lipinski definition) is 9. The zero-order valence-corrected chi connectivity index (χ0v) is 25.9. The molecule has 4 aromatic rings. The van der Waals surface area contributed by atoms with Crippen LogP contribution in [0.3, 0.4) is 0 Å². The number of aromatic nitrogens is 2. The predicted molar refractivity (Wildman–Crippen MR) is 172 cm³/mol. The van der Waals surface area contributed by atoms with Gasteiger partial charge in [-0.1, -0.05) is 29.3 Å². The number of carboxylic acid groups (broad SMARTS) is 2. The summed E-state index contributed by atoms with van der Waals surface area (Å²) in [5.74, 6) is -3.93. The number of carboxylic acids is 2. The quantitative estimate of drug-likeness (QED) is 0.159. The van der Waals surface area contributed by atoms with Crippen LogP contribution in [0.5, 0.6) is 11.5 Å². The maximum absolute atomic E-state index is 13.4. The number of amides is 2. The number of ether oxygens (including phenoxy) is 2. The van der Waals surface area contributed by atoms with Gasteiger partial charge in [0, 0.05) is 22.4 Å². The lowest BCUT2D eigenvalue weighted by Crippen LogP contribution is -2.31. The molecule has 2 aromatic heterocycles. The molecule has 0 radical (unpaired) electrons. The highest BCUT2D eigenvalue weighted by Crippen LogP contribution is 2.24. The Kier molecular flexibility index (Phi) is 11.2. The van der Waals surface area contributed by atoms with Crippen LogP contribution in [0, 0.1) is 11.3 Å². The number of nitriles is 1. The van der Waals surface area contributed by atoms with Crippen LogP contribution in [0.15, 0.2) is 76.6 Å². The van der Waals surface area contributed by atoms with Gasteiger partial charge in [0.15, 0.2) is 13.2 Å². The van der Waals surface area contributed by atoms with Gasteiger partial charge in [0.25, 0.3) is 22.9 Å². The standard InChI is InChI=1S/C31H23Cl2N5O10/c32-18-5-19(33)7-23(6-18)48-16-27(40)36-21-9-25(31(46)38(12-21)14-29(43)44)24-8-20(11-37(30(24)45)13-28(41)42)35-26(39)15-47-22-3-1-2-17(4-22)10-34/h1-9,11-12H,13-16H2,(H,35,39)(H,36,40)(H,41,42)(H,43,44). The Labute approximate surface area is 280 Å². The summed E-state index contributed by atoms with van der Waals surface area (Å²) in [7, 11) is 0. The van der Waals surface area contributed by atoms with Gasteiger partial charge in [-0.05, 0) is 48.5 Å². The molecule has 0 spiro atoms. The number of nitrogens with zero attached hydrogens (tertiary/aromatic N) is 3. The highest BCUT2D eigenvalue weighted by Gasteiger charge is 2.19. The van der Waals surface area contributed by atoms with E-state index in [1.807, 2.05) is 6.07 Å². The zero-order chi connectivity index (χ0) is 35.0. The number of anilines is 2. The number of benzene rings is 2. The van der Waals surface area contributed by atoms with Crippen molar-refractivity contribution in [1.82, 2.24) is 9.13 Å². The number of aliphatic carboxylic acids is 2. The van der Waals surface area contributed by atoms with Gasteiger partial charge in [0.1, 0.15) is 24.6 Å². The minimum absolute atomic E-state index is 0.113. The fourth-order valence-electron chi connectivity index (χ4n) is 4.28. The third-order valence-electron chi connectivity index (χ3n) is 6.18. The Morgan fingerprint density at radius 1 is 0.729 bits per heavy atom. The molecule has 0 fully saturated rings. The number of rotatable bonds is 13. The number of carbonyl (C=O) groups is 4. The van der Waals surface area contributed by atoms with Crippen molar-refractivity contribution in [2.75, 3.05) is 23.8 Å². The van der Waals surface area contributed by atoms with E-state index in [2.05, 4.69) is 10.6 Å². The van der Waals surface area contributed by atoms with Crippen LogP contribution in [-0.4, -0.2) is 56.3 Å². The van der Waals surface area contributed by atoms with Crippen LogP contribution in [0.4, 0.5) is 11.4 Å². The topological polar surface area (TPSA) is 219 Å². The molecule has 0 aliphatic carbocycles. The maximum Gasteiger partial charge on any atom is 0.323 e. The first kappa shape index (κ1) is 34.8. The van der Waals surface area contributed by atoms with Crippen molar-refractivity contribution in [2.24, 2.45) is 0 Å². The second-order valence-corrected chi connectivity index (χ2v) is 10.7. The normalized spacial score (nSPS) is 10.4. The van der Waals surface area contributed by atoms with E-state index in [-0.39, 0.29) is 32.9 Å². The van der Waals surface area contributed by atoms with Gasteiger partial charge in [-0.3, -0.25) is 28.8 Å². The van der Waals surface area contributed by atoms with E-state index in [1.54, 1.807) is 6.07 Å². The van der Waals surface area contributed by atoms with Crippen molar-refractivity contribution in [1.29, 1.82) is 5.26 Å². The molecule has 2 amide bonds. The van der Waals surface area contributed by atoms with Crippen molar-refractivity contribution in [3.63, 3.8) is 0 Å². The third kappa shape index (κ3) is 9.45. The van der Waals surface area contributed by atoms with Gasteiger partial charge >= 0.3 is 11.9 Å². The second-order valence-electron chi connectivity index (χ2n) is 9.86. The van der Waals surface area contributed by atoms with Gasteiger partial charge in [-0.2, -0.15) is 5.26 Å². The Bertz CT molecular complexity index is 2070. The van der Waals surface area contributed by atoms with E-state index in [0.29, 0.717) is 5.56 Å². The Morgan fingerprint density at radius 2 is 1.21 bits per heavy atom. The molecule has 0 saturated heterocycles. The van der Waals surface area contributed by atoms with E-state index in [9.17, 15) is 39.0 Å². The second kappa shape index (κ2) is 15.5. The van der Waals surface area contributed by atoms with Gasteiger partial charge in [0.05, 0.1) is 34.1 Å². The molecule has 15 nitrogen and oxygen atoms in total. The molecule has 2 heterocycles. The molecule has 0 atom stereocenters. The fourth-order valence-corrected chi connectivity index (χ4v) is 4.79. The first-order chi connectivity index (χ1) is 22.8. The molecule has 48 heavy (non-hydrogen) atoms. The van der Waals surface area contributed by atoms with E-state index in [4.69, 9.17) is 37.9 Å². The van der Waals surface area contributed by atoms with Crippen LogP contribution < -0.4 is 31.2 Å². The fraction of sp³-hybridized carbons (Fsp3) is 0.129. The highest BCUT2D eigenvalue weighted by atomic mass is 35.5. The van der Waals surface area contributed by atoms with Crippen molar-refractivity contribution in [3.05, 3.63) is 103 Å². The van der Waals surface area contributed by atoms with Crippen LogP contribution >= 0.6 is 23.2 Å². The summed E-state index contributed by atoms with van der Waals surface area (Å²) in [6.07, 6.45) is 2.07. The summed E-state index contributed by atoms with van der Waals surface area (Å²) in [6, 6.07) is 14.4. The summed E-state index contributed by atoms with van der Waals surface area (Å²) in [4.78, 5) is 75.3. The summed E-state index contributed by atoms with van der Waals surface area (Å²) in [5, 5.41) is 33.2. The van der Waals surface area contributed by atoms with Crippen LogP contribution in [0.2, 0.25) is 10.0 Å². The molecule has 4 rings (SSSR count). The van der Waals surface area contributed by atoms with Gasteiger partial charge < -0.3 is 39.5 Å². The molecular formula is C31H23Cl2N5O10. The van der Waals surface area contributed by atoms with Gasteiger partial charge in [-0.15, -0.1) is 0 Å². The van der Waals surface area contributed by atoms with Crippen LogP contribution in [0.25, 0.3) is 11.1 Å². The zero-order valence-electron chi connectivity index (χ0n) is 24.4. The van der Waals surface area contributed by atoms with E-state index in [0.717, 1.165) is 33.7 Å². The van der Waals surface area contributed by atoms with Crippen molar-refractivity contribution < 1.29 is 38.9 Å². The van der Waals surface area contributed by atoms with Crippen LogP contribution in [-0.2, 0) is 32.3 Å². The molecular weight excluding hydrogens is 673 g/mol. The van der Waals surface area contributed by atoms with Crippen molar-refractivity contribution in [3.8, 4) is 28.7 Å². The van der Waals surface area contributed by atoms with Crippen LogP contribution in [0.1, 0.15) is 5.56 Å². The summed E-state index contributed by atoms with van der Waals surface area (Å²) >= 11 is 11.9. The smallest absolute Gasteiger partial charge is 0.323 e. The maximum atomic E-state index is 13.4. The monoisotopic (exact) mass is 695 g/mol. The van der Waals surface area contributed by atoms with E-state index >= 15 is 0 Å². The lowest BCUT2D eigenvalue weighted by molar-refractivity contribution is -0.138. The summed E-state index contributed by atoms with van der Waals surface area (Å²) in [5.41, 5.74) is -2.70. The number of hydrogen-bond donors (Lipinski definition) is 4. The first-order valence-corrected chi connectivity index (χ1v) is 14.3. The SMILES string of the molecule is N#Cc1cccc(OCC(=O)Nc2cc(-c3cc(NC(=O)COc4cc(Cl)cc(Cl)c4)cn(CC(=O)O)c3=O)c(=O)n(CC(=O)O)c2)c1. The van der Waals surface area contributed by atoms with Gasteiger partial charge in [0.2, 0.25) is 0 Å². The summed E-state index contributed by atoms with van der Waals surface area (Å²) in [6.45, 7) is -2.83. The molecule has 246 valence electrons.